The molecule has 3 aliphatic rings. The lowest BCUT2D eigenvalue weighted by molar-refractivity contribution is -0.123. The van der Waals surface area contributed by atoms with Gasteiger partial charge in [0.1, 0.15) is 0 Å². The fraction of sp³-hybridized carbons (Fsp3) is 0.667. The second kappa shape index (κ2) is 8.28. The van der Waals surface area contributed by atoms with E-state index in [2.05, 4.69) is 27.7 Å². The molecule has 5 heteroatoms. The Morgan fingerprint density at radius 2 is 1.85 bits per heavy atom. The molecule has 2 heterocycles. The molecule has 3 unspecified atom stereocenters. The number of likely N-dealkylation sites (tertiary alicyclic amines) is 1. The van der Waals surface area contributed by atoms with Gasteiger partial charge in [-0.25, -0.2) is 0 Å². The van der Waals surface area contributed by atoms with E-state index in [1.807, 2.05) is 12.1 Å². The summed E-state index contributed by atoms with van der Waals surface area (Å²) in [5.41, 5.74) is 1.30. The van der Waals surface area contributed by atoms with E-state index in [0.29, 0.717) is 12.1 Å². The van der Waals surface area contributed by atoms with Crippen LogP contribution in [-0.4, -0.2) is 42.0 Å². The van der Waals surface area contributed by atoms with E-state index in [9.17, 15) is 4.79 Å². The minimum atomic E-state index is 0.0372. The zero-order valence-electron chi connectivity index (χ0n) is 15.4. The molecule has 142 valence electrons. The SMILES string of the molecule is O=C(NC1CCN(Cc2ccc(Cl)cc2)CC1)C1CC2CCCCC2N1. The summed E-state index contributed by atoms with van der Waals surface area (Å²) in [4.78, 5) is 15.1. The molecule has 2 aliphatic heterocycles. The quantitative estimate of drug-likeness (QED) is 0.848. The molecule has 26 heavy (non-hydrogen) atoms. The van der Waals surface area contributed by atoms with Gasteiger partial charge in [0.15, 0.2) is 0 Å². The zero-order valence-corrected chi connectivity index (χ0v) is 16.2. The fourth-order valence-corrected chi connectivity index (χ4v) is 5.03. The van der Waals surface area contributed by atoms with Gasteiger partial charge in [0.05, 0.1) is 6.04 Å². The van der Waals surface area contributed by atoms with Crippen molar-refractivity contribution in [1.29, 1.82) is 0 Å². The molecule has 1 saturated carbocycles. The molecule has 1 aromatic carbocycles. The van der Waals surface area contributed by atoms with Crippen LogP contribution in [-0.2, 0) is 11.3 Å². The van der Waals surface area contributed by atoms with E-state index < -0.39 is 0 Å². The molecular formula is C21H30ClN3O. The lowest BCUT2D eigenvalue weighted by Gasteiger charge is -2.33. The van der Waals surface area contributed by atoms with Crippen molar-refractivity contribution in [3.05, 3.63) is 34.9 Å². The van der Waals surface area contributed by atoms with Gasteiger partial charge in [0.25, 0.3) is 0 Å². The van der Waals surface area contributed by atoms with E-state index in [1.165, 1.54) is 31.2 Å². The standard InChI is InChI=1S/C21H30ClN3O/c22-17-7-5-15(6-8-17)14-25-11-9-18(10-12-25)23-21(26)20-13-16-3-1-2-4-19(16)24-20/h5-8,16,18-20,24H,1-4,9-14H2,(H,23,26). The Morgan fingerprint density at radius 3 is 2.58 bits per heavy atom. The van der Waals surface area contributed by atoms with Gasteiger partial charge in [-0.1, -0.05) is 36.6 Å². The van der Waals surface area contributed by atoms with E-state index in [4.69, 9.17) is 11.6 Å². The molecule has 2 saturated heterocycles. The minimum absolute atomic E-state index is 0.0372. The number of hydrogen-bond donors (Lipinski definition) is 2. The van der Waals surface area contributed by atoms with Crippen LogP contribution in [0.2, 0.25) is 5.02 Å². The molecule has 3 fully saturated rings. The Kier molecular flexibility index (Phi) is 5.82. The average molecular weight is 376 g/mol. The molecule has 0 aromatic heterocycles. The highest BCUT2D eigenvalue weighted by Crippen LogP contribution is 2.33. The number of nitrogens with zero attached hydrogens (tertiary/aromatic N) is 1. The average Bonchev–Trinajstić information content (AvgIpc) is 3.10. The highest BCUT2D eigenvalue weighted by molar-refractivity contribution is 6.30. The number of fused-ring (bicyclic) bond motifs is 1. The smallest absolute Gasteiger partial charge is 0.237 e. The summed E-state index contributed by atoms with van der Waals surface area (Å²) < 4.78 is 0. The number of amides is 1. The van der Waals surface area contributed by atoms with Crippen molar-refractivity contribution in [2.75, 3.05) is 13.1 Å². The molecule has 2 N–H and O–H groups in total. The van der Waals surface area contributed by atoms with E-state index in [-0.39, 0.29) is 11.9 Å². The first kappa shape index (κ1) is 18.3. The van der Waals surface area contributed by atoms with E-state index in [0.717, 1.165) is 49.8 Å². The number of nitrogens with one attached hydrogen (secondary N) is 2. The van der Waals surface area contributed by atoms with Crippen molar-refractivity contribution in [2.45, 2.75) is 69.6 Å². The van der Waals surface area contributed by atoms with Crippen LogP contribution in [0.5, 0.6) is 0 Å². The van der Waals surface area contributed by atoms with Crippen LogP contribution >= 0.6 is 11.6 Å². The summed E-state index contributed by atoms with van der Waals surface area (Å²) in [7, 11) is 0. The summed E-state index contributed by atoms with van der Waals surface area (Å²) in [5, 5.41) is 7.70. The summed E-state index contributed by atoms with van der Waals surface area (Å²) in [6.07, 6.45) is 8.31. The number of halogens is 1. The Morgan fingerprint density at radius 1 is 1.12 bits per heavy atom. The summed E-state index contributed by atoms with van der Waals surface area (Å²) in [6.45, 7) is 3.04. The topological polar surface area (TPSA) is 44.4 Å². The van der Waals surface area contributed by atoms with Crippen molar-refractivity contribution < 1.29 is 4.79 Å². The maximum Gasteiger partial charge on any atom is 0.237 e. The molecule has 1 amide bonds. The second-order valence-electron chi connectivity index (χ2n) is 8.29. The third kappa shape index (κ3) is 4.41. The van der Waals surface area contributed by atoms with Gasteiger partial charge in [-0.2, -0.15) is 0 Å². The molecule has 0 bridgehead atoms. The molecule has 1 aromatic rings. The van der Waals surface area contributed by atoms with Crippen LogP contribution in [0.15, 0.2) is 24.3 Å². The molecule has 3 atom stereocenters. The van der Waals surface area contributed by atoms with E-state index in [1.54, 1.807) is 0 Å². The predicted octanol–water partition coefficient (Wildman–Crippen LogP) is 3.34. The molecule has 0 radical (unpaired) electrons. The van der Waals surface area contributed by atoms with Crippen LogP contribution in [0.1, 0.15) is 50.5 Å². The Labute approximate surface area is 161 Å². The number of rotatable bonds is 4. The first-order valence-corrected chi connectivity index (χ1v) is 10.6. The summed E-state index contributed by atoms with van der Waals surface area (Å²) in [5.74, 6) is 0.955. The Balaban J connectivity index is 1.21. The number of carbonyl (C=O) groups is 1. The van der Waals surface area contributed by atoms with Crippen molar-refractivity contribution >= 4 is 17.5 Å². The summed E-state index contributed by atoms with van der Waals surface area (Å²) >= 11 is 5.96. The third-order valence-electron chi connectivity index (χ3n) is 6.43. The van der Waals surface area contributed by atoms with Gasteiger partial charge >= 0.3 is 0 Å². The predicted molar refractivity (Wildman–Crippen MR) is 105 cm³/mol. The molecular weight excluding hydrogens is 346 g/mol. The maximum absolute atomic E-state index is 12.7. The normalized spacial score (nSPS) is 30.1. The summed E-state index contributed by atoms with van der Waals surface area (Å²) in [6, 6.07) is 9.05. The largest absolute Gasteiger partial charge is 0.352 e. The van der Waals surface area contributed by atoms with Crippen LogP contribution < -0.4 is 10.6 Å². The van der Waals surface area contributed by atoms with Crippen molar-refractivity contribution in [3.8, 4) is 0 Å². The van der Waals surface area contributed by atoms with Gasteiger partial charge in [0.2, 0.25) is 5.91 Å². The van der Waals surface area contributed by atoms with Gasteiger partial charge in [-0.15, -0.1) is 0 Å². The molecule has 0 spiro atoms. The van der Waals surface area contributed by atoms with Gasteiger partial charge in [-0.3, -0.25) is 9.69 Å². The third-order valence-corrected chi connectivity index (χ3v) is 6.68. The van der Waals surface area contributed by atoms with Crippen LogP contribution in [0.4, 0.5) is 0 Å². The molecule has 1 aliphatic carbocycles. The Hall–Kier alpha value is -1.10. The number of benzene rings is 1. The number of hydrogen-bond acceptors (Lipinski definition) is 3. The van der Waals surface area contributed by atoms with Crippen molar-refractivity contribution in [1.82, 2.24) is 15.5 Å². The highest BCUT2D eigenvalue weighted by Gasteiger charge is 2.38. The van der Waals surface area contributed by atoms with Crippen LogP contribution in [0.25, 0.3) is 0 Å². The number of piperidine rings is 1. The molecule has 4 nitrogen and oxygen atoms in total. The monoisotopic (exact) mass is 375 g/mol. The second-order valence-corrected chi connectivity index (χ2v) is 8.73. The van der Waals surface area contributed by atoms with Gasteiger partial charge < -0.3 is 10.6 Å². The lowest BCUT2D eigenvalue weighted by atomic mass is 9.85. The van der Waals surface area contributed by atoms with E-state index >= 15 is 0 Å². The van der Waals surface area contributed by atoms with Crippen molar-refractivity contribution in [3.63, 3.8) is 0 Å². The number of carbonyl (C=O) groups excluding carboxylic acids is 1. The van der Waals surface area contributed by atoms with Crippen molar-refractivity contribution in [2.24, 2.45) is 5.92 Å². The van der Waals surface area contributed by atoms with Gasteiger partial charge in [-0.05, 0) is 55.7 Å². The first-order chi connectivity index (χ1) is 12.7. The van der Waals surface area contributed by atoms with Crippen LogP contribution in [0.3, 0.4) is 0 Å². The Bertz CT molecular complexity index is 598. The minimum Gasteiger partial charge on any atom is -0.352 e. The highest BCUT2D eigenvalue weighted by atomic mass is 35.5. The van der Waals surface area contributed by atoms with Crippen LogP contribution in [0, 0.1) is 5.92 Å². The maximum atomic E-state index is 12.7. The molecule has 4 rings (SSSR count). The van der Waals surface area contributed by atoms with Gasteiger partial charge in [0, 0.05) is 36.7 Å². The fourth-order valence-electron chi connectivity index (χ4n) is 4.91. The lowest BCUT2D eigenvalue weighted by Crippen LogP contribution is -2.50. The zero-order chi connectivity index (χ0) is 17.9. The first-order valence-electron chi connectivity index (χ1n) is 10.2.